The lowest BCUT2D eigenvalue weighted by molar-refractivity contribution is -0.129. The summed E-state index contributed by atoms with van der Waals surface area (Å²) in [5.74, 6) is 0.339. The third kappa shape index (κ3) is 3.10. The molecule has 14 heavy (non-hydrogen) atoms. The van der Waals surface area contributed by atoms with Crippen LogP contribution in [-0.4, -0.2) is 35.9 Å². The topological polar surface area (TPSA) is 29.5 Å². The first-order chi connectivity index (χ1) is 6.79. The SMILES string of the molecule is C=CN1CCC(CCOCCBr)C1=O. The van der Waals surface area contributed by atoms with E-state index in [1.165, 1.54) is 0 Å². The van der Waals surface area contributed by atoms with Crippen molar-refractivity contribution in [2.24, 2.45) is 5.92 Å². The van der Waals surface area contributed by atoms with Crippen LogP contribution in [0.15, 0.2) is 12.8 Å². The molecule has 0 aromatic heterocycles. The van der Waals surface area contributed by atoms with Gasteiger partial charge in [-0.2, -0.15) is 0 Å². The van der Waals surface area contributed by atoms with E-state index in [1.807, 2.05) is 0 Å². The zero-order valence-electron chi connectivity index (χ0n) is 8.25. The third-order valence-corrected chi connectivity index (χ3v) is 2.73. The van der Waals surface area contributed by atoms with E-state index >= 15 is 0 Å². The predicted octanol–water partition coefficient (Wildman–Crippen LogP) is 1.78. The first-order valence-corrected chi connectivity index (χ1v) is 5.98. The minimum absolute atomic E-state index is 0.142. The van der Waals surface area contributed by atoms with Crippen molar-refractivity contribution in [1.82, 2.24) is 4.90 Å². The van der Waals surface area contributed by atoms with Gasteiger partial charge in [-0.05, 0) is 19.0 Å². The highest BCUT2D eigenvalue weighted by Gasteiger charge is 2.29. The van der Waals surface area contributed by atoms with E-state index in [2.05, 4.69) is 22.5 Å². The number of nitrogens with zero attached hydrogens (tertiary/aromatic N) is 1. The predicted molar refractivity (Wildman–Crippen MR) is 59.2 cm³/mol. The molecule has 0 spiro atoms. The minimum atomic E-state index is 0.142. The number of carbonyl (C=O) groups is 1. The highest BCUT2D eigenvalue weighted by atomic mass is 79.9. The molecule has 80 valence electrons. The Labute approximate surface area is 93.2 Å². The van der Waals surface area contributed by atoms with Crippen molar-refractivity contribution in [1.29, 1.82) is 0 Å². The van der Waals surface area contributed by atoms with Crippen LogP contribution < -0.4 is 0 Å². The van der Waals surface area contributed by atoms with Gasteiger partial charge < -0.3 is 9.64 Å². The fourth-order valence-electron chi connectivity index (χ4n) is 1.59. The van der Waals surface area contributed by atoms with Gasteiger partial charge in [-0.15, -0.1) is 0 Å². The number of halogens is 1. The molecule has 0 aromatic carbocycles. The highest BCUT2D eigenvalue weighted by molar-refractivity contribution is 9.09. The summed E-state index contributed by atoms with van der Waals surface area (Å²) in [6.07, 6.45) is 3.38. The monoisotopic (exact) mass is 261 g/mol. The quantitative estimate of drug-likeness (QED) is 0.539. The lowest BCUT2D eigenvalue weighted by atomic mass is 10.1. The Hall–Kier alpha value is -0.350. The number of likely N-dealkylation sites (tertiary alicyclic amines) is 1. The number of amides is 1. The van der Waals surface area contributed by atoms with Gasteiger partial charge in [0.05, 0.1) is 6.61 Å². The van der Waals surface area contributed by atoms with E-state index < -0.39 is 0 Å². The summed E-state index contributed by atoms with van der Waals surface area (Å²) < 4.78 is 5.32. The summed E-state index contributed by atoms with van der Waals surface area (Å²) >= 11 is 3.28. The molecule has 0 N–H and O–H groups in total. The fourth-order valence-corrected chi connectivity index (χ4v) is 1.82. The molecule has 1 aliphatic rings. The van der Waals surface area contributed by atoms with Crippen molar-refractivity contribution >= 4 is 21.8 Å². The van der Waals surface area contributed by atoms with Crippen LogP contribution >= 0.6 is 15.9 Å². The maximum absolute atomic E-state index is 11.6. The first kappa shape index (κ1) is 11.7. The van der Waals surface area contributed by atoms with Gasteiger partial charge in [0.25, 0.3) is 0 Å². The van der Waals surface area contributed by atoms with Gasteiger partial charge in [0.1, 0.15) is 0 Å². The first-order valence-electron chi connectivity index (χ1n) is 4.86. The molecule has 1 unspecified atom stereocenters. The summed E-state index contributed by atoms with van der Waals surface area (Å²) in [6.45, 7) is 5.80. The number of hydrogen-bond donors (Lipinski definition) is 0. The molecule has 1 saturated heterocycles. The van der Waals surface area contributed by atoms with Crippen molar-refractivity contribution in [3.05, 3.63) is 12.8 Å². The zero-order chi connectivity index (χ0) is 10.4. The summed E-state index contributed by atoms with van der Waals surface area (Å²) in [7, 11) is 0. The Bertz CT molecular complexity index is 208. The standard InChI is InChI=1S/C10H16BrNO2/c1-2-12-6-3-9(10(12)13)4-7-14-8-5-11/h2,9H,1,3-8H2. The normalized spacial score (nSPS) is 21.6. The van der Waals surface area contributed by atoms with Crippen LogP contribution in [-0.2, 0) is 9.53 Å². The molecule has 0 saturated carbocycles. The molecule has 4 heteroatoms. The molecule has 1 heterocycles. The maximum Gasteiger partial charge on any atom is 0.229 e. The molecule has 0 bridgehead atoms. The van der Waals surface area contributed by atoms with Crippen molar-refractivity contribution in [2.45, 2.75) is 12.8 Å². The van der Waals surface area contributed by atoms with Gasteiger partial charge in [-0.3, -0.25) is 4.79 Å². The van der Waals surface area contributed by atoms with E-state index in [0.29, 0.717) is 13.2 Å². The minimum Gasteiger partial charge on any atom is -0.381 e. The number of alkyl halides is 1. The van der Waals surface area contributed by atoms with Crippen LogP contribution in [0.4, 0.5) is 0 Å². The Balaban J connectivity index is 2.19. The van der Waals surface area contributed by atoms with E-state index in [9.17, 15) is 4.79 Å². The van der Waals surface area contributed by atoms with E-state index in [0.717, 1.165) is 24.7 Å². The van der Waals surface area contributed by atoms with E-state index in [-0.39, 0.29) is 11.8 Å². The van der Waals surface area contributed by atoms with Crippen LogP contribution in [0.25, 0.3) is 0 Å². The van der Waals surface area contributed by atoms with Gasteiger partial charge in [0.2, 0.25) is 5.91 Å². The van der Waals surface area contributed by atoms with Crippen molar-refractivity contribution in [3.63, 3.8) is 0 Å². The second kappa shape index (κ2) is 6.19. The fraction of sp³-hybridized carbons (Fsp3) is 0.700. The Morgan fingerprint density at radius 1 is 1.64 bits per heavy atom. The van der Waals surface area contributed by atoms with Gasteiger partial charge >= 0.3 is 0 Å². The largest absolute Gasteiger partial charge is 0.381 e. The molecule has 1 atom stereocenters. The second-order valence-corrected chi connectivity index (χ2v) is 4.08. The molecule has 1 aliphatic heterocycles. The van der Waals surface area contributed by atoms with Crippen LogP contribution in [0.5, 0.6) is 0 Å². The molecule has 0 radical (unpaired) electrons. The molecule has 0 aliphatic carbocycles. The van der Waals surface area contributed by atoms with E-state index in [1.54, 1.807) is 11.1 Å². The highest BCUT2D eigenvalue weighted by Crippen LogP contribution is 2.21. The van der Waals surface area contributed by atoms with E-state index in [4.69, 9.17) is 4.74 Å². The number of carbonyl (C=O) groups excluding carboxylic acids is 1. The molecule has 3 nitrogen and oxygen atoms in total. The average Bonchev–Trinajstić information content (AvgIpc) is 2.55. The number of hydrogen-bond acceptors (Lipinski definition) is 2. The zero-order valence-corrected chi connectivity index (χ0v) is 9.83. The van der Waals surface area contributed by atoms with Crippen molar-refractivity contribution in [2.75, 3.05) is 25.1 Å². The molecule has 1 amide bonds. The maximum atomic E-state index is 11.6. The van der Waals surface area contributed by atoms with Crippen molar-refractivity contribution in [3.8, 4) is 0 Å². The summed E-state index contributed by atoms with van der Waals surface area (Å²) in [4.78, 5) is 13.3. The molecule has 0 aromatic rings. The van der Waals surface area contributed by atoms with Gasteiger partial charge in [-0.25, -0.2) is 0 Å². The van der Waals surface area contributed by atoms with Crippen molar-refractivity contribution < 1.29 is 9.53 Å². The number of rotatable bonds is 6. The van der Waals surface area contributed by atoms with Crippen LogP contribution in [0, 0.1) is 5.92 Å². The Morgan fingerprint density at radius 3 is 3.00 bits per heavy atom. The van der Waals surface area contributed by atoms with Crippen LogP contribution in [0.3, 0.4) is 0 Å². The van der Waals surface area contributed by atoms with Crippen LogP contribution in [0.1, 0.15) is 12.8 Å². The number of ether oxygens (including phenoxy) is 1. The Morgan fingerprint density at radius 2 is 2.43 bits per heavy atom. The Kier molecular flexibility index (Phi) is 5.19. The average molecular weight is 262 g/mol. The second-order valence-electron chi connectivity index (χ2n) is 3.29. The lowest BCUT2D eigenvalue weighted by Gasteiger charge is -2.10. The molecular weight excluding hydrogens is 246 g/mol. The summed E-state index contributed by atoms with van der Waals surface area (Å²) in [5.41, 5.74) is 0. The van der Waals surface area contributed by atoms with Gasteiger partial charge in [-0.1, -0.05) is 22.5 Å². The van der Waals surface area contributed by atoms with Gasteiger partial charge in [0.15, 0.2) is 0 Å². The molecule has 1 fully saturated rings. The summed E-state index contributed by atoms with van der Waals surface area (Å²) in [5, 5.41) is 0.852. The molecular formula is C10H16BrNO2. The molecule has 1 rings (SSSR count). The van der Waals surface area contributed by atoms with Crippen LogP contribution in [0.2, 0.25) is 0 Å². The summed E-state index contributed by atoms with van der Waals surface area (Å²) in [6, 6.07) is 0. The third-order valence-electron chi connectivity index (χ3n) is 2.40. The van der Waals surface area contributed by atoms with Gasteiger partial charge in [0, 0.05) is 24.4 Å². The smallest absolute Gasteiger partial charge is 0.229 e. The lowest BCUT2D eigenvalue weighted by Crippen LogP contribution is -2.22.